The second-order valence-corrected chi connectivity index (χ2v) is 20.0. The van der Waals surface area contributed by atoms with E-state index in [2.05, 4.69) is 43.5 Å². The summed E-state index contributed by atoms with van der Waals surface area (Å²) in [5.74, 6) is -0.0692. The Bertz CT molecular complexity index is 1070. The van der Waals surface area contributed by atoms with Gasteiger partial charge in [-0.05, 0) is 83.5 Å². The van der Waals surface area contributed by atoms with Crippen LogP contribution in [0.1, 0.15) is 309 Å². The highest BCUT2D eigenvalue weighted by Crippen LogP contribution is 2.16. The fraction of sp³-hybridized carbons (Fsp3) is 0.867. The van der Waals surface area contributed by atoms with Gasteiger partial charge in [0.15, 0.2) is 0 Å². The third-order valence-corrected chi connectivity index (χ3v) is 13.4. The average molecular weight is 929 g/mol. The molecule has 6 heteroatoms. The SMILES string of the molecule is CCCCCCCC/C=C\CCCCCCCC(=O)OCCCCCCCCCCCCCC/C=C\CCCCCCCCCCCC(=O)NC(CO)C(O)/C=C/CCCCCCCCC. The van der Waals surface area contributed by atoms with Gasteiger partial charge in [-0.2, -0.15) is 0 Å². The van der Waals surface area contributed by atoms with E-state index in [1.54, 1.807) is 6.08 Å². The van der Waals surface area contributed by atoms with Gasteiger partial charge in [-0.25, -0.2) is 0 Å². The van der Waals surface area contributed by atoms with Gasteiger partial charge in [-0.15, -0.1) is 0 Å². The number of aliphatic hydroxyl groups is 2. The lowest BCUT2D eigenvalue weighted by Crippen LogP contribution is -2.45. The summed E-state index contributed by atoms with van der Waals surface area (Å²) in [7, 11) is 0. The maximum absolute atomic E-state index is 12.4. The predicted octanol–water partition coefficient (Wildman–Crippen LogP) is 18.0. The molecule has 0 spiro atoms. The first kappa shape index (κ1) is 64.1. The van der Waals surface area contributed by atoms with Crippen LogP contribution in [0.4, 0.5) is 0 Å². The third-order valence-electron chi connectivity index (χ3n) is 13.4. The molecular formula is C60H113NO5. The Kier molecular flexibility index (Phi) is 54.1. The molecule has 0 saturated heterocycles. The number of hydrogen-bond donors (Lipinski definition) is 3. The second-order valence-electron chi connectivity index (χ2n) is 20.0. The normalized spacial score (nSPS) is 12.8. The smallest absolute Gasteiger partial charge is 0.305 e. The second kappa shape index (κ2) is 55.7. The van der Waals surface area contributed by atoms with Crippen LogP contribution in [0.15, 0.2) is 36.5 Å². The molecule has 0 aliphatic rings. The first-order valence-electron chi connectivity index (χ1n) is 29.3. The zero-order chi connectivity index (χ0) is 47.9. The topological polar surface area (TPSA) is 95.9 Å². The summed E-state index contributed by atoms with van der Waals surface area (Å²) in [5, 5.41) is 22.9. The summed E-state index contributed by atoms with van der Waals surface area (Å²) >= 11 is 0. The fourth-order valence-corrected chi connectivity index (χ4v) is 8.86. The van der Waals surface area contributed by atoms with Gasteiger partial charge in [-0.3, -0.25) is 9.59 Å². The van der Waals surface area contributed by atoms with Gasteiger partial charge in [0.05, 0.1) is 25.4 Å². The quantitative estimate of drug-likeness (QED) is 0.0321. The van der Waals surface area contributed by atoms with Crippen LogP contribution in [0.25, 0.3) is 0 Å². The molecule has 0 aromatic rings. The van der Waals surface area contributed by atoms with E-state index in [1.807, 2.05) is 6.08 Å². The molecule has 0 radical (unpaired) electrons. The summed E-state index contributed by atoms with van der Waals surface area (Å²) < 4.78 is 5.48. The maximum Gasteiger partial charge on any atom is 0.305 e. The molecule has 0 aliphatic heterocycles. The van der Waals surface area contributed by atoms with Crippen LogP contribution in [0.3, 0.4) is 0 Å². The van der Waals surface area contributed by atoms with Crippen molar-refractivity contribution in [3.8, 4) is 0 Å². The Morgan fingerprint density at radius 3 is 1.08 bits per heavy atom. The molecule has 0 aliphatic carbocycles. The third kappa shape index (κ3) is 51.5. The van der Waals surface area contributed by atoms with Crippen LogP contribution < -0.4 is 5.32 Å². The van der Waals surface area contributed by atoms with E-state index in [4.69, 9.17) is 4.74 Å². The minimum absolute atomic E-state index is 0.00467. The van der Waals surface area contributed by atoms with Crippen molar-refractivity contribution in [2.75, 3.05) is 13.2 Å². The Balaban J connectivity index is 3.38. The van der Waals surface area contributed by atoms with Gasteiger partial charge in [0.1, 0.15) is 0 Å². The minimum atomic E-state index is -0.844. The van der Waals surface area contributed by atoms with E-state index >= 15 is 0 Å². The van der Waals surface area contributed by atoms with Gasteiger partial charge in [0.25, 0.3) is 0 Å². The number of allylic oxidation sites excluding steroid dienone is 5. The standard InChI is InChI=1S/C60H113NO5/c1-3-5-7-9-11-13-14-15-27-31-34-38-42-46-50-54-60(65)66-55-51-47-43-39-35-32-29-26-24-22-20-18-16-17-19-21-23-25-28-30-33-37-41-45-49-53-59(64)61-57(56-62)58(63)52-48-44-40-36-12-10-8-6-4-2/h15,17,19,27,48,52,57-58,62-63H,3-14,16,18,20-26,28-47,49-51,53-56H2,1-2H3,(H,61,64)/b19-17-,27-15-,52-48+. The molecule has 0 aromatic heterocycles. The van der Waals surface area contributed by atoms with Crippen molar-refractivity contribution < 1.29 is 24.5 Å². The average Bonchev–Trinajstić information content (AvgIpc) is 3.32. The number of amides is 1. The number of unbranched alkanes of at least 4 members (excludes halogenated alkanes) is 39. The molecule has 0 aromatic carbocycles. The number of esters is 1. The summed E-state index contributed by atoms with van der Waals surface area (Å²) in [5.41, 5.74) is 0. The Labute approximate surface area is 411 Å². The van der Waals surface area contributed by atoms with Crippen molar-refractivity contribution >= 4 is 11.9 Å². The number of nitrogens with one attached hydrogen (secondary N) is 1. The van der Waals surface area contributed by atoms with E-state index in [-0.39, 0.29) is 18.5 Å². The highest BCUT2D eigenvalue weighted by atomic mass is 16.5. The molecule has 3 N–H and O–H groups in total. The molecule has 0 heterocycles. The van der Waals surface area contributed by atoms with Gasteiger partial charge in [0.2, 0.25) is 5.91 Å². The predicted molar refractivity (Wildman–Crippen MR) is 287 cm³/mol. The van der Waals surface area contributed by atoms with Crippen LogP contribution in [0.5, 0.6) is 0 Å². The van der Waals surface area contributed by atoms with E-state index < -0.39 is 12.1 Å². The lowest BCUT2D eigenvalue weighted by atomic mass is 10.0. The molecule has 1 amide bonds. The zero-order valence-electron chi connectivity index (χ0n) is 44.2. The van der Waals surface area contributed by atoms with E-state index in [1.165, 1.54) is 238 Å². The Morgan fingerprint density at radius 2 is 0.712 bits per heavy atom. The molecule has 0 rings (SSSR count). The van der Waals surface area contributed by atoms with Crippen LogP contribution in [0, 0.1) is 0 Å². The highest BCUT2D eigenvalue weighted by molar-refractivity contribution is 5.76. The van der Waals surface area contributed by atoms with Gasteiger partial charge >= 0.3 is 5.97 Å². The van der Waals surface area contributed by atoms with E-state index in [9.17, 15) is 19.8 Å². The molecule has 66 heavy (non-hydrogen) atoms. The van der Waals surface area contributed by atoms with E-state index in [0.29, 0.717) is 19.4 Å². The highest BCUT2D eigenvalue weighted by Gasteiger charge is 2.18. The van der Waals surface area contributed by atoms with Gasteiger partial charge < -0.3 is 20.3 Å². The van der Waals surface area contributed by atoms with Crippen LogP contribution >= 0.6 is 0 Å². The van der Waals surface area contributed by atoms with Crippen molar-refractivity contribution in [2.24, 2.45) is 0 Å². The maximum atomic E-state index is 12.4. The minimum Gasteiger partial charge on any atom is -0.466 e. The lowest BCUT2D eigenvalue weighted by Gasteiger charge is -2.20. The van der Waals surface area contributed by atoms with Crippen molar-refractivity contribution in [1.29, 1.82) is 0 Å². The van der Waals surface area contributed by atoms with Crippen molar-refractivity contribution in [1.82, 2.24) is 5.32 Å². The van der Waals surface area contributed by atoms with Crippen molar-refractivity contribution in [3.05, 3.63) is 36.5 Å². The van der Waals surface area contributed by atoms with Crippen LogP contribution in [-0.4, -0.2) is 47.4 Å². The summed E-state index contributed by atoms with van der Waals surface area (Å²) in [6, 6.07) is -0.628. The molecule has 6 nitrogen and oxygen atoms in total. The number of rotatable bonds is 54. The van der Waals surface area contributed by atoms with Crippen molar-refractivity contribution in [3.63, 3.8) is 0 Å². The van der Waals surface area contributed by atoms with Crippen molar-refractivity contribution in [2.45, 2.75) is 321 Å². The zero-order valence-corrected chi connectivity index (χ0v) is 44.2. The Hall–Kier alpha value is -1.92. The molecule has 0 saturated carbocycles. The van der Waals surface area contributed by atoms with E-state index in [0.717, 1.165) is 44.9 Å². The molecule has 2 unspecified atom stereocenters. The molecule has 2 atom stereocenters. The molecule has 388 valence electrons. The molecule has 0 bridgehead atoms. The fourth-order valence-electron chi connectivity index (χ4n) is 8.86. The first-order valence-corrected chi connectivity index (χ1v) is 29.3. The monoisotopic (exact) mass is 928 g/mol. The molecular weight excluding hydrogens is 815 g/mol. The van der Waals surface area contributed by atoms with Crippen LogP contribution in [-0.2, 0) is 14.3 Å². The summed E-state index contributed by atoms with van der Waals surface area (Å²) in [6.45, 7) is 4.87. The number of hydrogen-bond acceptors (Lipinski definition) is 5. The summed E-state index contributed by atoms with van der Waals surface area (Å²) in [6.07, 6.45) is 69.0. The van der Waals surface area contributed by atoms with Gasteiger partial charge in [0, 0.05) is 12.8 Å². The number of aliphatic hydroxyl groups excluding tert-OH is 2. The Morgan fingerprint density at radius 1 is 0.409 bits per heavy atom. The van der Waals surface area contributed by atoms with Gasteiger partial charge in [-0.1, -0.05) is 249 Å². The lowest BCUT2D eigenvalue weighted by molar-refractivity contribution is -0.143. The number of carbonyl (C=O) groups excluding carboxylic acids is 2. The largest absolute Gasteiger partial charge is 0.466 e. The number of ether oxygens (including phenoxy) is 1. The first-order chi connectivity index (χ1) is 32.5. The summed E-state index contributed by atoms with van der Waals surface area (Å²) in [4.78, 5) is 24.4. The molecule has 0 fully saturated rings. The number of carbonyl (C=O) groups is 2. The van der Waals surface area contributed by atoms with Crippen LogP contribution in [0.2, 0.25) is 0 Å².